The van der Waals surface area contributed by atoms with E-state index in [1.807, 2.05) is 0 Å². The SMILES string of the molecule is O=S(=O)([O-])c1cccc2ccccc12.O=S(=O)([O-])c1cccc2ccccc12.[Co+2]. The van der Waals surface area contributed by atoms with Crippen LogP contribution in [0.15, 0.2) is 94.7 Å². The Morgan fingerprint density at radius 3 is 1.14 bits per heavy atom. The van der Waals surface area contributed by atoms with Crippen molar-refractivity contribution in [2.45, 2.75) is 9.79 Å². The first-order valence-corrected chi connectivity index (χ1v) is 10.9. The summed E-state index contributed by atoms with van der Waals surface area (Å²) < 4.78 is 65.3. The summed E-state index contributed by atoms with van der Waals surface area (Å²) in [5.41, 5.74) is 0. The van der Waals surface area contributed by atoms with Crippen LogP contribution in [0.1, 0.15) is 0 Å². The van der Waals surface area contributed by atoms with Crippen LogP contribution in [0.25, 0.3) is 21.5 Å². The minimum Gasteiger partial charge on any atom is -0.744 e. The molecule has 4 aromatic carbocycles. The summed E-state index contributed by atoms with van der Waals surface area (Å²) in [5, 5.41) is 2.46. The monoisotopic (exact) mass is 473 g/mol. The fourth-order valence-corrected chi connectivity index (χ4v) is 4.23. The van der Waals surface area contributed by atoms with Gasteiger partial charge >= 0.3 is 16.8 Å². The molecular formula is C20H14CoO6S2. The van der Waals surface area contributed by atoms with E-state index in [4.69, 9.17) is 0 Å². The molecule has 0 aliphatic carbocycles. The van der Waals surface area contributed by atoms with Gasteiger partial charge in [0.25, 0.3) is 0 Å². The Labute approximate surface area is 178 Å². The van der Waals surface area contributed by atoms with Crippen LogP contribution in [-0.2, 0) is 37.0 Å². The fraction of sp³-hybridized carbons (Fsp3) is 0. The molecule has 6 nitrogen and oxygen atoms in total. The number of rotatable bonds is 2. The minimum atomic E-state index is -4.38. The Morgan fingerprint density at radius 2 is 0.793 bits per heavy atom. The van der Waals surface area contributed by atoms with Gasteiger partial charge in [0.1, 0.15) is 20.2 Å². The van der Waals surface area contributed by atoms with Crippen LogP contribution >= 0.6 is 0 Å². The molecule has 0 spiro atoms. The summed E-state index contributed by atoms with van der Waals surface area (Å²) in [6.07, 6.45) is 0. The first-order chi connectivity index (χ1) is 13.2. The molecule has 0 atom stereocenters. The third kappa shape index (κ3) is 5.41. The summed E-state index contributed by atoms with van der Waals surface area (Å²) in [6, 6.07) is 23.1. The van der Waals surface area contributed by atoms with E-state index < -0.39 is 20.2 Å². The molecule has 0 unspecified atom stereocenters. The van der Waals surface area contributed by atoms with E-state index in [0.717, 1.165) is 10.8 Å². The molecule has 4 rings (SSSR count). The van der Waals surface area contributed by atoms with Crippen molar-refractivity contribution in [1.29, 1.82) is 0 Å². The van der Waals surface area contributed by atoms with Crippen LogP contribution in [0, 0.1) is 0 Å². The second kappa shape index (κ2) is 9.03. The summed E-state index contributed by atoms with van der Waals surface area (Å²) in [4.78, 5) is -0.314. The summed E-state index contributed by atoms with van der Waals surface area (Å²) >= 11 is 0. The average molecular weight is 473 g/mol. The zero-order chi connectivity index (χ0) is 20.4. The largest absolute Gasteiger partial charge is 2.00 e. The van der Waals surface area contributed by atoms with Crippen molar-refractivity contribution in [3.8, 4) is 0 Å². The standard InChI is InChI=1S/2C10H8O3S.Co/c2*11-14(12,13)10-7-3-5-8-4-1-2-6-9(8)10;/h2*1-7H,(H,11,12,13);/q;;+2/p-2. The van der Waals surface area contributed by atoms with Gasteiger partial charge in [0.15, 0.2) is 0 Å². The smallest absolute Gasteiger partial charge is 0.744 e. The third-order valence-electron chi connectivity index (χ3n) is 4.04. The summed E-state index contributed by atoms with van der Waals surface area (Å²) in [5.74, 6) is 0. The van der Waals surface area contributed by atoms with Gasteiger partial charge in [-0.25, -0.2) is 16.8 Å². The Morgan fingerprint density at radius 1 is 0.483 bits per heavy atom. The molecule has 0 saturated heterocycles. The number of benzene rings is 4. The Bertz CT molecular complexity index is 1250. The predicted octanol–water partition coefficient (Wildman–Crippen LogP) is 3.49. The van der Waals surface area contributed by atoms with E-state index in [9.17, 15) is 25.9 Å². The zero-order valence-corrected chi connectivity index (χ0v) is 17.4. The number of hydrogen-bond acceptors (Lipinski definition) is 6. The molecule has 0 aliphatic rings. The Balaban J connectivity index is 0.000000200. The molecule has 1 radical (unpaired) electrons. The van der Waals surface area contributed by atoms with Gasteiger partial charge in [0, 0.05) is 0 Å². The average Bonchev–Trinajstić information content (AvgIpc) is 2.66. The molecule has 29 heavy (non-hydrogen) atoms. The van der Waals surface area contributed by atoms with E-state index in [-0.39, 0.29) is 26.6 Å². The van der Waals surface area contributed by atoms with Gasteiger partial charge in [-0.3, -0.25) is 0 Å². The Hall–Kier alpha value is -2.27. The molecule has 0 amide bonds. The van der Waals surface area contributed by atoms with Crippen molar-refractivity contribution >= 4 is 41.8 Å². The predicted molar refractivity (Wildman–Crippen MR) is 104 cm³/mol. The van der Waals surface area contributed by atoms with E-state index in [0.29, 0.717) is 10.8 Å². The molecular weight excluding hydrogens is 459 g/mol. The van der Waals surface area contributed by atoms with Gasteiger partial charge in [-0.05, 0) is 33.7 Å². The van der Waals surface area contributed by atoms with Crippen molar-refractivity contribution in [2.75, 3.05) is 0 Å². The topological polar surface area (TPSA) is 114 Å². The van der Waals surface area contributed by atoms with Crippen molar-refractivity contribution in [1.82, 2.24) is 0 Å². The molecule has 9 heteroatoms. The first kappa shape index (κ1) is 23.0. The van der Waals surface area contributed by atoms with E-state index in [1.54, 1.807) is 72.8 Å². The molecule has 0 saturated carbocycles. The van der Waals surface area contributed by atoms with Crippen LogP contribution in [0.2, 0.25) is 0 Å². The van der Waals surface area contributed by atoms with Crippen molar-refractivity contribution in [3.63, 3.8) is 0 Å². The third-order valence-corrected chi connectivity index (χ3v) is 5.83. The maximum Gasteiger partial charge on any atom is 2.00 e. The summed E-state index contributed by atoms with van der Waals surface area (Å²) in [6.45, 7) is 0. The maximum atomic E-state index is 10.9. The second-order valence-corrected chi connectivity index (χ2v) is 8.56. The second-order valence-electron chi connectivity index (χ2n) is 5.86. The quantitative estimate of drug-likeness (QED) is 0.412. The van der Waals surface area contributed by atoms with Crippen LogP contribution in [0.5, 0.6) is 0 Å². The summed E-state index contributed by atoms with van der Waals surface area (Å²) in [7, 11) is -8.76. The molecule has 0 aromatic heterocycles. The molecule has 4 aromatic rings. The molecule has 0 N–H and O–H groups in total. The van der Waals surface area contributed by atoms with Crippen LogP contribution < -0.4 is 0 Å². The first-order valence-electron chi connectivity index (χ1n) is 8.05. The normalized spacial score (nSPS) is 11.4. The number of fused-ring (bicyclic) bond motifs is 2. The fourth-order valence-electron chi connectivity index (χ4n) is 2.83. The van der Waals surface area contributed by atoms with Gasteiger partial charge in [-0.15, -0.1) is 0 Å². The van der Waals surface area contributed by atoms with Crippen LogP contribution in [0.4, 0.5) is 0 Å². The Kier molecular flexibility index (Phi) is 7.17. The van der Waals surface area contributed by atoms with E-state index in [2.05, 4.69) is 0 Å². The van der Waals surface area contributed by atoms with Gasteiger partial charge in [0.2, 0.25) is 0 Å². The molecule has 0 aliphatic heterocycles. The number of hydrogen-bond donors (Lipinski definition) is 0. The van der Waals surface area contributed by atoms with Crippen LogP contribution in [0.3, 0.4) is 0 Å². The van der Waals surface area contributed by atoms with Gasteiger partial charge in [-0.2, -0.15) is 0 Å². The van der Waals surface area contributed by atoms with Crippen molar-refractivity contribution in [3.05, 3.63) is 84.9 Å². The maximum absolute atomic E-state index is 10.9. The minimum absolute atomic E-state index is 0. The molecule has 0 fully saturated rings. The van der Waals surface area contributed by atoms with E-state index >= 15 is 0 Å². The molecule has 151 valence electrons. The van der Waals surface area contributed by atoms with Crippen molar-refractivity contribution < 1.29 is 42.7 Å². The van der Waals surface area contributed by atoms with Crippen LogP contribution in [-0.4, -0.2) is 25.9 Å². The van der Waals surface area contributed by atoms with Crippen molar-refractivity contribution in [2.24, 2.45) is 0 Å². The van der Waals surface area contributed by atoms with Gasteiger partial charge in [0.05, 0.1) is 9.79 Å². The molecule has 0 bridgehead atoms. The van der Waals surface area contributed by atoms with E-state index in [1.165, 1.54) is 12.1 Å². The zero-order valence-electron chi connectivity index (χ0n) is 14.7. The van der Waals surface area contributed by atoms with Gasteiger partial charge in [-0.1, -0.05) is 72.8 Å². The molecule has 0 heterocycles. The van der Waals surface area contributed by atoms with Gasteiger partial charge < -0.3 is 9.11 Å².